The van der Waals surface area contributed by atoms with E-state index in [2.05, 4.69) is 0 Å². The molecule has 0 aliphatic heterocycles. The predicted molar refractivity (Wildman–Crippen MR) is 90.1 cm³/mol. The maximum atomic E-state index is 11.9. The Kier molecular flexibility index (Phi) is 6.72. The molecular formula is C17H22Cl2O4. The van der Waals surface area contributed by atoms with Crippen molar-refractivity contribution in [2.24, 2.45) is 0 Å². The second-order valence-electron chi connectivity index (χ2n) is 5.79. The highest BCUT2D eigenvalue weighted by Gasteiger charge is 2.37. The first kappa shape index (κ1) is 18.5. The molecule has 1 N–H and O–H groups in total. The normalized spacial score (nSPS) is 21.8. The van der Waals surface area contributed by atoms with Gasteiger partial charge in [0, 0.05) is 29.3 Å². The van der Waals surface area contributed by atoms with E-state index < -0.39 is 11.9 Å². The van der Waals surface area contributed by atoms with Gasteiger partial charge in [-0.1, -0.05) is 29.3 Å². The first-order valence-electron chi connectivity index (χ1n) is 7.90. The first-order chi connectivity index (χ1) is 10.9. The third kappa shape index (κ3) is 5.35. The van der Waals surface area contributed by atoms with Gasteiger partial charge in [0.05, 0.1) is 19.1 Å². The maximum absolute atomic E-state index is 11.9. The number of esters is 1. The molecule has 0 aromatic heterocycles. The SMILES string of the molecule is CCOC(=O)CC(OC1(O)CCCC1)C1=C(Cl)C=CC=C(Cl)C1. The van der Waals surface area contributed by atoms with Crippen molar-refractivity contribution in [2.75, 3.05) is 6.61 Å². The fourth-order valence-electron chi connectivity index (χ4n) is 2.85. The molecule has 0 aromatic carbocycles. The van der Waals surface area contributed by atoms with E-state index in [-0.39, 0.29) is 12.4 Å². The van der Waals surface area contributed by atoms with Crippen LogP contribution in [0.2, 0.25) is 0 Å². The number of carbonyl (C=O) groups is 1. The molecule has 1 unspecified atom stereocenters. The van der Waals surface area contributed by atoms with E-state index >= 15 is 0 Å². The van der Waals surface area contributed by atoms with Gasteiger partial charge < -0.3 is 14.6 Å². The summed E-state index contributed by atoms with van der Waals surface area (Å²) >= 11 is 12.5. The quantitative estimate of drug-likeness (QED) is 0.570. The van der Waals surface area contributed by atoms with Gasteiger partial charge in [0.25, 0.3) is 0 Å². The van der Waals surface area contributed by atoms with Crippen LogP contribution >= 0.6 is 23.2 Å². The summed E-state index contributed by atoms with van der Waals surface area (Å²) in [7, 11) is 0. The number of rotatable bonds is 6. The van der Waals surface area contributed by atoms with Crippen LogP contribution in [0.5, 0.6) is 0 Å². The molecule has 1 fully saturated rings. The number of carbonyl (C=O) groups excluding carboxylic acids is 1. The fraction of sp³-hybridized carbons (Fsp3) is 0.588. The highest BCUT2D eigenvalue weighted by molar-refractivity contribution is 6.33. The average molecular weight is 361 g/mol. The molecule has 23 heavy (non-hydrogen) atoms. The molecule has 1 saturated carbocycles. The lowest BCUT2D eigenvalue weighted by molar-refractivity contribution is -0.219. The molecule has 2 rings (SSSR count). The number of halogens is 2. The number of allylic oxidation sites excluding steroid dienone is 5. The molecule has 1 atom stereocenters. The molecule has 0 heterocycles. The summed E-state index contributed by atoms with van der Waals surface area (Å²) in [5.74, 6) is -1.60. The molecule has 4 nitrogen and oxygen atoms in total. The lowest BCUT2D eigenvalue weighted by Crippen LogP contribution is -2.36. The van der Waals surface area contributed by atoms with Crippen molar-refractivity contribution >= 4 is 29.2 Å². The van der Waals surface area contributed by atoms with Crippen molar-refractivity contribution in [2.45, 2.75) is 57.3 Å². The lowest BCUT2D eigenvalue weighted by atomic mass is 10.0. The van der Waals surface area contributed by atoms with Crippen molar-refractivity contribution < 1.29 is 19.4 Å². The lowest BCUT2D eigenvalue weighted by Gasteiger charge is -2.30. The van der Waals surface area contributed by atoms with Gasteiger partial charge >= 0.3 is 5.97 Å². The van der Waals surface area contributed by atoms with Crippen LogP contribution < -0.4 is 0 Å². The van der Waals surface area contributed by atoms with Gasteiger partial charge in [0.2, 0.25) is 0 Å². The summed E-state index contributed by atoms with van der Waals surface area (Å²) in [5.41, 5.74) is 0.690. The van der Waals surface area contributed by atoms with Crippen molar-refractivity contribution in [3.8, 4) is 0 Å². The molecule has 2 aliphatic rings. The van der Waals surface area contributed by atoms with E-state index in [1.807, 2.05) is 0 Å². The third-order valence-corrected chi connectivity index (χ3v) is 4.61. The summed E-state index contributed by atoms with van der Waals surface area (Å²) in [6, 6.07) is 0. The Bertz CT molecular complexity index is 531. The van der Waals surface area contributed by atoms with Crippen LogP contribution in [0.3, 0.4) is 0 Å². The fourth-order valence-corrected chi connectivity index (χ4v) is 3.33. The highest BCUT2D eigenvalue weighted by atomic mass is 35.5. The maximum Gasteiger partial charge on any atom is 0.308 e. The Labute approximate surface area is 146 Å². The molecular weight excluding hydrogens is 339 g/mol. The molecule has 0 bridgehead atoms. The van der Waals surface area contributed by atoms with Gasteiger partial charge in [-0.25, -0.2) is 0 Å². The van der Waals surface area contributed by atoms with Gasteiger partial charge in [0.15, 0.2) is 5.79 Å². The van der Waals surface area contributed by atoms with Gasteiger partial charge in [-0.3, -0.25) is 4.79 Å². The zero-order chi connectivity index (χ0) is 16.9. The van der Waals surface area contributed by atoms with E-state index in [1.165, 1.54) is 0 Å². The van der Waals surface area contributed by atoms with Gasteiger partial charge in [-0.05, 0) is 37.5 Å². The van der Waals surface area contributed by atoms with E-state index in [0.717, 1.165) is 12.8 Å². The van der Waals surface area contributed by atoms with Crippen LogP contribution in [0.4, 0.5) is 0 Å². The van der Waals surface area contributed by atoms with Gasteiger partial charge in [-0.2, -0.15) is 0 Å². The van der Waals surface area contributed by atoms with E-state index in [4.69, 9.17) is 32.7 Å². The Balaban J connectivity index is 2.23. The molecule has 128 valence electrons. The van der Waals surface area contributed by atoms with E-state index in [9.17, 15) is 9.90 Å². The summed E-state index contributed by atoms with van der Waals surface area (Å²) in [6.45, 7) is 2.04. The van der Waals surface area contributed by atoms with Crippen LogP contribution in [0.25, 0.3) is 0 Å². The minimum Gasteiger partial charge on any atom is -0.466 e. The predicted octanol–water partition coefficient (Wildman–Crippen LogP) is 4.16. The van der Waals surface area contributed by atoms with Crippen LogP contribution in [-0.4, -0.2) is 29.6 Å². The number of ether oxygens (including phenoxy) is 2. The monoisotopic (exact) mass is 360 g/mol. The molecule has 0 spiro atoms. The van der Waals surface area contributed by atoms with Crippen molar-refractivity contribution in [1.29, 1.82) is 0 Å². The van der Waals surface area contributed by atoms with Crippen LogP contribution in [0.1, 0.15) is 45.4 Å². The van der Waals surface area contributed by atoms with Crippen molar-refractivity contribution in [3.05, 3.63) is 33.9 Å². The van der Waals surface area contributed by atoms with Crippen LogP contribution in [-0.2, 0) is 14.3 Å². The minimum atomic E-state index is -1.21. The summed E-state index contributed by atoms with van der Waals surface area (Å²) in [4.78, 5) is 11.9. The summed E-state index contributed by atoms with van der Waals surface area (Å²) < 4.78 is 10.9. The van der Waals surface area contributed by atoms with Gasteiger partial charge in [-0.15, -0.1) is 0 Å². The third-order valence-electron chi connectivity index (χ3n) is 3.98. The molecule has 6 heteroatoms. The Hall–Kier alpha value is -0.810. The summed E-state index contributed by atoms with van der Waals surface area (Å²) in [5, 5.41) is 11.6. The standard InChI is InChI=1S/C17H22Cl2O4/c1-2-22-16(20)11-15(23-17(21)8-3-4-9-17)13-10-12(18)6-5-7-14(13)19/h5-7,15,21H,2-4,8-11H2,1H3. The molecule has 0 saturated heterocycles. The second kappa shape index (κ2) is 8.34. The Morgan fingerprint density at radius 3 is 2.74 bits per heavy atom. The largest absolute Gasteiger partial charge is 0.466 e. The Morgan fingerprint density at radius 2 is 2.09 bits per heavy atom. The van der Waals surface area contributed by atoms with Crippen LogP contribution in [0, 0.1) is 0 Å². The molecule has 0 radical (unpaired) electrons. The van der Waals surface area contributed by atoms with E-state index in [0.29, 0.717) is 41.5 Å². The number of hydrogen-bond donors (Lipinski definition) is 1. The second-order valence-corrected chi connectivity index (χ2v) is 6.68. The number of aliphatic hydroxyl groups is 1. The molecule has 0 aromatic rings. The van der Waals surface area contributed by atoms with Gasteiger partial charge in [0.1, 0.15) is 0 Å². The van der Waals surface area contributed by atoms with Crippen molar-refractivity contribution in [1.82, 2.24) is 0 Å². The molecule has 0 amide bonds. The summed E-state index contributed by atoms with van der Waals surface area (Å²) in [6.07, 6.45) is 7.85. The van der Waals surface area contributed by atoms with E-state index in [1.54, 1.807) is 25.2 Å². The smallest absolute Gasteiger partial charge is 0.308 e. The first-order valence-corrected chi connectivity index (χ1v) is 8.66. The minimum absolute atomic E-state index is 0.000285. The Morgan fingerprint density at radius 1 is 1.39 bits per heavy atom. The highest BCUT2D eigenvalue weighted by Crippen LogP contribution is 2.37. The topological polar surface area (TPSA) is 55.8 Å². The van der Waals surface area contributed by atoms with Crippen LogP contribution in [0.15, 0.2) is 33.9 Å². The molecule has 2 aliphatic carbocycles. The zero-order valence-electron chi connectivity index (χ0n) is 13.2. The van der Waals surface area contributed by atoms with Crippen molar-refractivity contribution in [3.63, 3.8) is 0 Å². The number of hydrogen-bond acceptors (Lipinski definition) is 4. The zero-order valence-corrected chi connectivity index (χ0v) is 14.7. The average Bonchev–Trinajstić information content (AvgIpc) is 2.82.